The van der Waals surface area contributed by atoms with Crippen LogP contribution in [-0.4, -0.2) is 81.8 Å². The summed E-state index contributed by atoms with van der Waals surface area (Å²) in [6.07, 6.45) is 0.681. The first-order valence-electron chi connectivity index (χ1n) is 6.73. The number of hydrogen-bond donors (Lipinski definition) is 0. The van der Waals surface area contributed by atoms with Crippen LogP contribution in [0.15, 0.2) is 0 Å². The standard InChI is InChI=1S/C13H26N2O3/c1-13(16)3-4-14-5-7-15(8-6-14)9-10-18-12-11-17-2/h3-12H2,1-2H3. The summed E-state index contributed by atoms with van der Waals surface area (Å²) >= 11 is 0. The summed E-state index contributed by atoms with van der Waals surface area (Å²) < 4.78 is 10.4. The maximum atomic E-state index is 10.9. The summed E-state index contributed by atoms with van der Waals surface area (Å²) in [5.41, 5.74) is 0. The second-order valence-electron chi connectivity index (χ2n) is 4.74. The Bertz CT molecular complexity index is 228. The van der Waals surface area contributed by atoms with Gasteiger partial charge >= 0.3 is 0 Å². The van der Waals surface area contributed by atoms with Crippen LogP contribution in [0.3, 0.4) is 0 Å². The van der Waals surface area contributed by atoms with Gasteiger partial charge in [0.05, 0.1) is 19.8 Å². The first-order valence-corrected chi connectivity index (χ1v) is 6.73. The number of carbonyl (C=O) groups is 1. The predicted molar refractivity (Wildman–Crippen MR) is 70.9 cm³/mol. The van der Waals surface area contributed by atoms with Gasteiger partial charge in [0.25, 0.3) is 0 Å². The monoisotopic (exact) mass is 258 g/mol. The number of ketones is 1. The number of carbonyl (C=O) groups excluding carboxylic acids is 1. The van der Waals surface area contributed by atoms with E-state index in [1.165, 1.54) is 0 Å². The van der Waals surface area contributed by atoms with Crippen molar-refractivity contribution < 1.29 is 14.3 Å². The molecule has 1 aliphatic heterocycles. The molecule has 0 aromatic heterocycles. The van der Waals surface area contributed by atoms with Gasteiger partial charge < -0.3 is 14.4 Å². The first-order chi connectivity index (χ1) is 8.72. The third kappa shape index (κ3) is 7.06. The Morgan fingerprint density at radius 1 is 1.00 bits per heavy atom. The van der Waals surface area contributed by atoms with E-state index >= 15 is 0 Å². The van der Waals surface area contributed by atoms with Crippen molar-refractivity contribution in [1.82, 2.24) is 9.80 Å². The van der Waals surface area contributed by atoms with E-state index in [2.05, 4.69) is 9.80 Å². The van der Waals surface area contributed by atoms with E-state index in [4.69, 9.17) is 9.47 Å². The lowest BCUT2D eigenvalue weighted by molar-refractivity contribution is -0.117. The molecule has 1 aliphatic rings. The molecule has 0 unspecified atom stereocenters. The van der Waals surface area contributed by atoms with Gasteiger partial charge in [0.15, 0.2) is 0 Å². The van der Waals surface area contributed by atoms with Crippen LogP contribution in [0.4, 0.5) is 0 Å². The average Bonchev–Trinajstić information content (AvgIpc) is 2.37. The molecule has 5 nitrogen and oxygen atoms in total. The number of Topliss-reactive ketones (excluding diaryl/α,β-unsaturated/α-hetero) is 1. The van der Waals surface area contributed by atoms with Crippen molar-refractivity contribution in [3.63, 3.8) is 0 Å². The van der Waals surface area contributed by atoms with Crippen molar-refractivity contribution in [2.75, 3.05) is 66.2 Å². The zero-order valence-electron chi connectivity index (χ0n) is 11.7. The number of hydrogen-bond acceptors (Lipinski definition) is 5. The SMILES string of the molecule is COCCOCCN1CCN(CCC(C)=O)CC1. The van der Waals surface area contributed by atoms with E-state index < -0.39 is 0 Å². The summed E-state index contributed by atoms with van der Waals surface area (Å²) in [6.45, 7) is 9.95. The van der Waals surface area contributed by atoms with Crippen molar-refractivity contribution in [2.24, 2.45) is 0 Å². The molecule has 0 aromatic carbocycles. The van der Waals surface area contributed by atoms with Crippen molar-refractivity contribution >= 4 is 5.78 Å². The van der Waals surface area contributed by atoms with Crippen LogP contribution in [0, 0.1) is 0 Å². The highest BCUT2D eigenvalue weighted by atomic mass is 16.5. The summed E-state index contributed by atoms with van der Waals surface area (Å²) in [7, 11) is 1.68. The third-order valence-electron chi connectivity index (χ3n) is 3.23. The molecule has 0 N–H and O–H groups in total. The molecule has 1 fully saturated rings. The van der Waals surface area contributed by atoms with Crippen LogP contribution in [0.25, 0.3) is 0 Å². The highest BCUT2D eigenvalue weighted by molar-refractivity contribution is 5.75. The molecule has 0 atom stereocenters. The van der Waals surface area contributed by atoms with E-state index in [0.29, 0.717) is 19.6 Å². The van der Waals surface area contributed by atoms with Gasteiger partial charge in [-0.25, -0.2) is 0 Å². The maximum Gasteiger partial charge on any atom is 0.131 e. The fourth-order valence-corrected chi connectivity index (χ4v) is 1.99. The van der Waals surface area contributed by atoms with E-state index in [-0.39, 0.29) is 5.78 Å². The molecule has 1 saturated heterocycles. The Morgan fingerprint density at radius 3 is 2.17 bits per heavy atom. The quantitative estimate of drug-likeness (QED) is 0.554. The molecule has 0 aromatic rings. The minimum Gasteiger partial charge on any atom is -0.382 e. The highest BCUT2D eigenvalue weighted by Gasteiger charge is 2.16. The predicted octanol–water partition coefficient (Wildman–Crippen LogP) is 0.246. The summed E-state index contributed by atoms with van der Waals surface area (Å²) in [5, 5.41) is 0. The van der Waals surface area contributed by atoms with Gasteiger partial charge in [-0.15, -0.1) is 0 Å². The fourth-order valence-electron chi connectivity index (χ4n) is 1.99. The van der Waals surface area contributed by atoms with Crippen molar-refractivity contribution in [3.05, 3.63) is 0 Å². The topological polar surface area (TPSA) is 42.0 Å². The molecule has 0 radical (unpaired) electrons. The van der Waals surface area contributed by atoms with Crippen LogP contribution in [0.5, 0.6) is 0 Å². The largest absolute Gasteiger partial charge is 0.382 e. The van der Waals surface area contributed by atoms with Crippen molar-refractivity contribution in [2.45, 2.75) is 13.3 Å². The molecular weight excluding hydrogens is 232 g/mol. The fraction of sp³-hybridized carbons (Fsp3) is 0.923. The molecule has 5 heteroatoms. The normalized spacial score (nSPS) is 18.1. The second kappa shape index (κ2) is 9.44. The van der Waals surface area contributed by atoms with Gasteiger partial charge in [0.1, 0.15) is 5.78 Å². The lowest BCUT2D eigenvalue weighted by Crippen LogP contribution is -2.47. The van der Waals surface area contributed by atoms with Gasteiger partial charge in [0, 0.05) is 52.8 Å². The van der Waals surface area contributed by atoms with E-state index in [0.717, 1.165) is 45.9 Å². The van der Waals surface area contributed by atoms with Crippen LogP contribution in [0.1, 0.15) is 13.3 Å². The maximum absolute atomic E-state index is 10.9. The highest BCUT2D eigenvalue weighted by Crippen LogP contribution is 2.02. The number of rotatable bonds is 9. The smallest absolute Gasteiger partial charge is 0.131 e. The Kier molecular flexibility index (Phi) is 8.17. The van der Waals surface area contributed by atoms with Crippen molar-refractivity contribution in [1.29, 1.82) is 0 Å². The van der Waals surface area contributed by atoms with Gasteiger partial charge in [0.2, 0.25) is 0 Å². The van der Waals surface area contributed by atoms with E-state index in [1.54, 1.807) is 14.0 Å². The molecular formula is C13H26N2O3. The molecule has 0 bridgehead atoms. The molecule has 0 saturated carbocycles. The molecule has 0 spiro atoms. The van der Waals surface area contributed by atoms with Crippen molar-refractivity contribution in [3.8, 4) is 0 Å². The zero-order valence-corrected chi connectivity index (χ0v) is 11.7. The molecule has 1 rings (SSSR count). The molecule has 18 heavy (non-hydrogen) atoms. The number of methoxy groups -OCH3 is 1. The van der Waals surface area contributed by atoms with E-state index in [1.807, 2.05) is 0 Å². The zero-order chi connectivity index (χ0) is 13.2. The van der Waals surface area contributed by atoms with Crippen LogP contribution in [0.2, 0.25) is 0 Å². The second-order valence-corrected chi connectivity index (χ2v) is 4.74. The van der Waals surface area contributed by atoms with Crippen LogP contribution in [-0.2, 0) is 14.3 Å². The minimum absolute atomic E-state index is 0.281. The number of nitrogens with zero attached hydrogens (tertiary/aromatic N) is 2. The van der Waals surface area contributed by atoms with Gasteiger partial charge in [-0.3, -0.25) is 9.69 Å². The number of piperazine rings is 1. The summed E-state index contributed by atoms with van der Waals surface area (Å²) in [6, 6.07) is 0. The third-order valence-corrected chi connectivity index (χ3v) is 3.23. The number of ether oxygens (including phenoxy) is 2. The molecule has 1 heterocycles. The first kappa shape index (κ1) is 15.6. The Morgan fingerprint density at radius 2 is 1.61 bits per heavy atom. The summed E-state index contributed by atoms with van der Waals surface area (Å²) in [5.74, 6) is 0.281. The Hall–Kier alpha value is -0.490. The Labute approximate surface area is 110 Å². The summed E-state index contributed by atoms with van der Waals surface area (Å²) in [4.78, 5) is 15.7. The average molecular weight is 258 g/mol. The van der Waals surface area contributed by atoms with Crippen LogP contribution < -0.4 is 0 Å². The lowest BCUT2D eigenvalue weighted by Gasteiger charge is -2.34. The Balaban J connectivity index is 1.99. The minimum atomic E-state index is 0.281. The molecule has 0 amide bonds. The molecule has 0 aliphatic carbocycles. The van der Waals surface area contributed by atoms with Gasteiger partial charge in [-0.05, 0) is 6.92 Å². The van der Waals surface area contributed by atoms with Crippen LogP contribution >= 0.6 is 0 Å². The molecule has 106 valence electrons. The van der Waals surface area contributed by atoms with Gasteiger partial charge in [-0.2, -0.15) is 0 Å². The lowest BCUT2D eigenvalue weighted by atomic mass is 10.2. The van der Waals surface area contributed by atoms with Gasteiger partial charge in [-0.1, -0.05) is 0 Å². The van der Waals surface area contributed by atoms with E-state index in [9.17, 15) is 4.79 Å².